The molecule has 5 nitrogen and oxygen atoms in total. The molecule has 19 heavy (non-hydrogen) atoms. The molecule has 0 radical (unpaired) electrons. The van der Waals surface area contributed by atoms with Gasteiger partial charge in [-0.15, -0.1) is 0 Å². The van der Waals surface area contributed by atoms with Gasteiger partial charge in [0.15, 0.2) is 0 Å². The summed E-state index contributed by atoms with van der Waals surface area (Å²) in [6, 6.07) is 5.68. The monoisotopic (exact) mass is 252 g/mol. The number of pyridine rings is 1. The summed E-state index contributed by atoms with van der Waals surface area (Å²) in [5, 5.41) is 0. The summed E-state index contributed by atoms with van der Waals surface area (Å²) in [6.45, 7) is 0.379. The van der Waals surface area contributed by atoms with Gasteiger partial charge in [0.2, 0.25) is 0 Å². The smallest absolute Gasteiger partial charge is 0.136 e. The third-order valence-corrected chi connectivity index (χ3v) is 2.82. The normalized spacial score (nSPS) is 10.6. The number of aromatic nitrogens is 3. The molecule has 0 aliphatic rings. The lowest BCUT2D eigenvalue weighted by Crippen LogP contribution is -1.92. The van der Waals surface area contributed by atoms with Crippen molar-refractivity contribution in [3.05, 3.63) is 55.1 Å². The molecule has 0 aromatic carbocycles. The summed E-state index contributed by atoms with van der Waals surface area (Å²) >= 11 is 0. The van der Waals surface area contributed by atoms with Crippen LogP contribution in [0, 0.1) is 0 Å². The van der Waals surface area contributed by atoms with Gasteiger partial charge in [0.25, 0.3) is 0 Å². The predicted molar refractivity (Wildman–Crippen MR) is 70.9 cm³/mol. The highest BCUT2D eigenvalue weighted by Gasteiger charge is 2.11. The molecule has 0 saturated carbocycles. The van der Waals surface area contributed by atoms with E-state index in [0.717, 1.165) is 28.2 Å². The third kappa shape index (κ3) is 2.23. The Hall–Kier alpha value is -2.53. The van der Waals surface area contributed by atoms with E-state index in [4.69, 9.17) is 10.2 Å². The molecule has 0 unspecified atom stereocenters. The molecule has 0 fully saturated rings. The zero-order valence-electron chi connectivity index (χ0n) is 10.2. The lowest BCUT2D eigenvalue weighted by Gasteiger charge is -2.05. The first-order valence-corrected chi connectivity index (χ1v) is 5.87. The molecule has 3 aromatic rings. The van der Waals surface area contributed by atoms with E-state index in [1.165, 1.54) is 6.33 Å². The van der Waals surface area contributed by atoms with Crippen LogP contribution in [0.1, 0.15) is 5.76 Å². The Balaban J connectivity index is 2.12. The van der Waals surface area contributed by atoms with E-state index in [0.29, 0.717) is 6.54 Å². The highest BCUT2D eigenvalue weighted by Crippen LogP contribution is 2.31. The second kappa shape index (κ2) is 4.99. The van der Waals surface area contributed by atoms with Crippen LogP contribution in [-0.4, -0.2) is 15.0 Å². The van der Waals surface area contributed by atoms with E-state index in [1.807, 2.05) is 18.2 Å². The number of hydrogen-bond acceptors (Lipinski definition) is 5. The minimum Gasteiger partial charge on any atom is -0.460 e. The molecule has 0 amide bonds. The second-order valence-corrected chi connectivity index (χ2v) is 4.02. The topological polar surface area (TPSA) is 77.8 Å². The molecule has 0 aliphatic carbocycles. The lowest BCUT2D eigenvalue weighted by atomic mass is 10.0. The van der Waals surface area contributed by atoms with Crippen molar-refractivity contribution < 1.29 is 4.42 Å². The summed E-state index contributed by atoms with van der Waals surface area (Å²) in [7, 11) is 0. The fourth-order valence-electron chi connectivity index (χ4n) is 1.91. The lowest BCUT2D eigenvalue weighted by molar-refractivity contribution is 0.525. The van der Waals surface area contributed by atoms with Crippen molar-refractivity contribution in [1.82, 2.24) is 15.0 Å². The fourth-order valence-corrected chi connectivity index (χ4v) is 1.91. The zero-order chi connectivity index (χ0) is 13.1. The summed E-state index contributed by atoms with van der Waals surface area (Å²) in [5.74, 6) is 1.49. The second-order valence-electron chi connectivity index (χ2n) is 4.02. The third-order valence-electron chi connectivity index (χ3n) is 2.82. The van der Waals surface area contributed by atoms with E-state index in [-0.39, 0.29) is 0 Å². The Morgan fingerprint density at radius 1 is 0.947 bits per heavy atom. The van der Waals surface area contributed by atoms with Crippen molar-refractivity contribution in [3.8, 4) is 22.5 Å². The Kier molecular flexibility index (Phi) is 3.04. The van der Waals surface area contributed by atoms with Crippen LogP contribution in [-0.2, 0) is 6.54 Å². The van der Waals surface area contributed by atoms with Crippen LogP contribution in [0.15, 0.2) is 53.7 Å². The first kappa shape index (κ1) is 11.6. The van der Waals surface area contributed by atoms with Gasteiger partial charge in [-0.3, -0.25) is 4.98 Å². The van der Waals surface area contributed by atoms with Gasteiger partial charge in [-0.1, -0.05) is 0 Å². The van der Waals surface area contributed by atoms with Crippen LogP contribution >= 0.6 is 0 Å². The molecule has 0 bridgehead atoms. The maximum absolute atomic E-state index is 5.68. The molecule has 0 aliphatic heterocycles. The van der Waals surface area contributed by atoms with Crippen molar-refractivity contribution in [3.63, 3.8) is 0 Å². The van der Waals surface area contributed by atoms with E-state index in [9.17, 15) is 0 Å². The summed E-state index contributed by atoms with van der Waals surface area (Å²) in [5.41, 5.74) is 8.36. The number of hydrogen-bond donors (Lipinski definition) is 1. The van der Waals surface area contributed by atoms with Crippen LogP contribution in [0.4, 0.5) is 0 Å². The maximum atomic E-state index is 5.68. The Labute approximate surface area is 110 Å². The van der Waals surface area contributed by atoms with Crippen molar-refractivity contribution in [2.24, 2.45) is 5.73 Å². The molecule has 94 valence electrons. The number of furan rings is 1. The van der Waals surface area contributed by atoms with Crippen LogP contribution in [0.25, 0.3) is 22.5 Å². The fraction of sp³-hybridized carbons (Fsp3) is 0.0714. The zero-order valence-corrected chi connectivity index (χ0v) is 10.2. The van der Waals surface area contributed by atoms with Crippen LogP contribution in [0.2, 0.25) is 0 Å². The molecule has 0 atom stereocenters. The van der Waals surface area contributed by atoms with E-state index >= 15 is 0 Å². The molecule has 2 N–H and O–H groups in total. The van der Waals surface area contributed by atoms with Gasteiger partial charge in [0, 0.05) is 35.9 Å². The molecule has 3 heterocycles. The Bertz CT molecular complexity index is 679. The summed E-state index contributed by atoms with van der Waals surface area (Å²) in [6.07, 6.45) is 8.53. The van der Waals surface area contributed by atoms with Gasteiger partial charge >= 0.3 is 0 Å². The number of nitrogens with two attached hydrogens (primary N) is 1. The Morgan fingerprint density at radius 3 is 2.53 bits per heavy atom. The van der Waals surface area contributed by atoms with Crippen molar-refractivity contribution in [2.75, 3.05) is 0 Å². The SMILES string of the molecule is NCc1ccc(-c2cnccc2-c2cncnc2)o1. The van der Waals surface area contributed by atoms with Gasteiger partial charge < -0.3 is 10.2 Å². The highest BCUT2D eigenvalue weighted by molar-refractivity contribution is 5.79. The van der Waals surface area contributed by atoms with Gasteiger partial charge in [-0.25, -0.2) is 9.97 Å². The minimum absolute atomic E-state index is 0.379. The van der Waals surface area contributed by atoms with Crippen molar-refractivity contribution >= 4 is 0 Å². The standard InChI is InChI=1S/C14H12N4O/c15-5-11-1-2-14(19-11)13-8-16-4-3-12(13)10-6-17-9-18-7-10/h1-4,6-9H,5,15H2. The molecule has 0 spiro atoms. The van der Waals surface area contributed by atoms with Crippen LogP contribution < -0.4 is 5.73 Å². The quantitative estimate of drug-likeness (QED) is 0.773. The number of rotatable bonds is 3. The predicted octanol–water partition coefficient (Wildman–Crippen LogP) is 2.26. The summed E-state index contributed by atoms with van der Waals surface area (Å²) < 4.78 is 5.68. The van der Waals surface area contributed by atoms with Gasteiger partial charge in [-0.05, 0) is 23.8 Å². The van der Waals surface area contributed by atoms with Gasteiger partial charge in [-0.2, -0.15) is 0 Å². The van der Waals surface area contributed by atoms with E-state index in [2.05, 4.69) is 15.0 Å². The highest BCUT2D eigenvalue weighted by atomic mass is 16.3. The summed E-state index contributed by atoms with van der Waals surface area (Å²) in [4.78, 5) is 12.2. The molecule has 3 aromatic heterocycles. The molecule has 0 saturated heterocycles. The van der Waals surface area contributed by atoms with Crippen molar-refractivity contribution in [2.45, 2.75) is 6.54 Å². The number of nitrogens with zero attached hydrogens (tertiary/aromatic N) is 3. The molecule has 3 rings (SSSR count). The largest absolute Gasteiger partial charge is 0.460 e. The van der Waals surface area contributed by atoms with E-state index < -0.39 is 0 Å². The van der Waals surface area contributed by atoms with E-state index in [1.54, 1.807) is 24.8 Å². The van der Waals surface area contributed by atoms with Gasteiger partial charge in [0.1, 0.15) is 17.8 Å². The van der Waals surface area contributed by atoms with Crippen LogP contribution in [0.3, 0.4) is 0 Å². The molecule has 5 heteroatoms. The average molecular weight is 252 g/mol. The minimum atomic E-state index is 0.379. The molecular formula is C14H12N4O. The van der Waals surface area contributed by atoms with Gasteiger partial charge in [0.05, 0.1) is 6.54 Å². The Morgan fingerprint density at radius 2 is 1.79 bits per heavy atom. The average Bonchev–Trinajstić information content (AvgIpc) is 2.97. The van der Waals surface area contributed by atoms with Crippen LogP contribution in [0.5, 0.6) is 0 Å². The first-order chi connectivity index (χ1) is 9.38. The van der Waals surface area contributed by atoms with Crippen molar-refractivity contribution in [1.29, 1.82) is 0 Å². The first-order valence-electron chi connectivity index (χ1n) is 5.87. The molecular weight excluding hydrogens is 240 g/mol. The maximum Gasteiger partial charge on any atom is 0.136 e.